The van der Waals surface area contributed by atoms with E-state index in [0.717, 1.165) is 0 Å². The molecule has 0 aliphatic heterocycles. The molecule has 0 bridgehead atoms. The van der Waals surface area contributed by atoms with Crippen molar-refractivity contribution in [2.24, 2.45) is 0 Å². The van der Waals surface area contributed by atoms with Crippen LogP contribution in [0.3, 0.4) is 0 Å². The zero-order chi connectivity index (χ0) is 17.1. The smallest absolute Gasteiger partial charge is 0.270 e. The second-order valence-electron chi connectivity index (χ2n) is 5.63. The molecule has 0 spiro atoms. The summed E-state index contributed by atoms with van der Waals surface area (Å²) in [4.78, 5) is 33.2. The van der Waals surface area contributed by atoms with E-state index in [0.29, 0.717) is 22.4 Å². The van der Waals surface area contributed by atoms with E-state index in [1.165, 1.54) is 6.26 Å². The number of benzene rings is 1. The summed E-state index contributed by atoms with van der Waals surface area (Å²) in [5, 5.41) is 3.85. The van der Waals surface area contributed by atoms with Crippen molar-refractivity contribution in [3.05, 3.63) is 58.3 Å². The molecule has 0 fully saturated rings. The van der Waals surface area contributed by atoms with Gasteiger partial charge in [-0.3, -0.25) is 9.59 Å². The van der Waals surface area contributed by atoms with E-state index >= 15 is 0 Å². The molecule has 7 heteroatoms. The lowest BCUT2D eigenvalue weighted by Crippen LogP contribution is -2.30. The molecule has 0 aliphatic carbocycles. The van der Waals surface area contributed by atoms with Crippen LogP contribution in [0.25, 0.3) is 11.0 Å². The average Bonchev–Trinajstić information content (AvgIpc) is 3.12. The molecule has 1 N–H and O–H groups in total. The number of hydrogen-bond acceptors (Lipinski definition) is 5. The van der Waals surface area contributed by atoms with Crippen LogP contribution in [0, 0.1) is 0 Å². The monoisotopic (exact) mass is 326 g/mol. The lowest BCUT2D eigenvalue weighted by molar-refractivity contribution is -0.131. The van der Waals surface area contributed by atoms with Gasteiger partial charge in [-0.1, -0.05) is 17.3 Å². The minimum absolute atomic E-state index is 0.0835. The first-order chi connectivity index (χ1) is 11.6. The summed E-state index contributed by atoms with van der Waals surface area (Å²) in [6, 6.07) is 8.85. The summed E-state index contributed by atoms with van der Waals surface area (Å²) in [5.41, 5.74) is 2.20. The number of hydrogen-bond donors (Lipinski definition) is 1. The number of nitrogens with zero attached hydrogens (tertiary/aromatic N) is 3. The zero-order valence-corrected chi connectivity index (χ0v) is 13.5. The molecule has 0 saturated heterocycles. The number of H-pyrrole nitrogens is 1. The Hall–Kier alpha value is -2.96. The average molecular weight is 326 g/mol. The number of aromatic amines is 1. The van der Waals surface area contributed by atoms with E-state index in [9.17, 15) is 9.59 Å². The van der Waals surface area contributed by atoms with Crippen LogP contribution in [0.2, 0.25) is 0 Å². The van der Waals surface area contributed by atoms with E-state index in [4.69, 9.17) is 4.52 Å². The fourth-order valence-corrected chi connectivity index (χ4v) is 2.49. The third kappa shape index (κ3) is 3.19. The lowest BCUT2D eigenvalue weighted by atomic mass is 10.1. The van der Waals surface area contributed by atoms with E-state index in [2.05, 4.69) is 15.1 Å². The predicted molar refractivity (Wildman–Crippen MR) is 88.4 cm³/mol. The minimum atomic E-state index is -0.256. The molecular weight excluding hydrogens is 308 g/mol. The second-order valence-corrected chi connectivity index (χ2v) is 5.63. The molecule has 3 aromatic rings. The quantitative estimate of drug-likeness (QED) is 0.775. The Morgan fingerprint density at radius 2 is 2.12 bits per heavy atom. The Kier molecular flexibility index (Phi) is 4.41. The molecule has 7 nitrogen and oxygen atoms in total. The van der Waals surface area contributed by atoms with Crippen molar-refractivity contribution in [3.8, 4) is 0 Å². The highest BCUT2D eigenvalue weighted by molar-refractivity contribution is 5.77. The third-order valence-electron chi connectivity index (χ3n) is 4.11. The van der Waals surface area contributed by atoms with Crippen molar-refractivity contribution in [2.75, 3.05) is 7.05 Å². The zero-order valence-electron chi connectivity index (χ0n) is 13.5. The maximum Gasteiger partial charge on any atom is 0.270 e. The molecule has 124 valence electrons. The molecule has 24 heavy (non-hydrogen) atoms. The number of carbonyl (C=O) groups is 1. The summed E-state index contributed by atoms with van der Waals surface area (Å²) in [7, 11) is 1.71. The van der Waals surface area contributed by atoms with Crippen molar-refractivity contribution >= 4 is 16.9 Å². The van der Waals surface area contributed by atoms with Crippen LogP contribution in [0.1, 0.15) is 30.8 Å². The fourth-order valence-electron chi connectivity index (χ4n) is 2.49. The van der Waals surface area contributed by atoms with Gasteiger partial charge in [0, 0.05) is 26.0 Å². The Labute approximate surface area is 138 Å². The van der Waals surface area contributed by atoms with Gasteiger partial charge in [-0.2, -0.15) is 0 Å². The van der Waals surface area contributed by atoms with Crippen molar-refractivity contribution < 1.29 is 9.32 Å². The van der Waals surface area contributed by atoms with Crippen LogP contribution in [0.4, 0.5) is 0 Å². The van der Waals surface area contributed by atoms with Gasteiger partial charge < -0.3 is 14.4 Å². The number of aryl methyl sites for hydroxylation is 1. The number of amides is 1. The molecule has 3 rings (SSSR count). The fraction of sp³-hybridized carbons (Fsp3) is 0.294. The predicted octanol–water partition coefficient (Wildman–Crippen LogP) is 2.06. The maximum absolute atomic E-state index is 12.4. The van der Waals surface area contributed by atoms with Gasteiger partial charge in [-0.05, 0) is 19.1 Å². The number of rotatable bonds is 5. The molecule has 0 unspecified atom stereocenters. The van der Waals surface area contributed by atoms with Crippen LogP contribution in [0.15, 0.2) is 45.9 Å². The first-order valence-electron chi connectivity index (χ1n) is 7.70. The molecule has 1 aromatic carbocycles. The summed E-state index contributed by atoms with van der Waals surface area (Å²) in [5.74, 6) is -0.0835. The van der Waals surface area contributed by atoms with Gasteiger partial charge in [-0.15, -0.1) is 0 Å². The Morgan fingerprint density at radius 1 is 1.33 bits per heavy atom. The third-order valence-corrected chi connectivity index (χ3v) is 4.11. The Bertz CT molecular complexity index is 902. The molecule has 2 heterocycles. The largest absolute Gasteiger partial charge is 0.364 e. The van der Waals surface area contributed by atoms with Crippen LogP contribution in [-0.2, 0) is 11.2 Å². The first kappa shape index (κ1) is 15.9. The number of carbonyl (C=O) groups excluding carboxylic acids is 1. The van der Waals surface area contributed by atoms with Crippen molar-refractivity contribution in [1.82, 2.24) is 20.0 Å². The highest BCUT2D eigenvalue weighted by atomic mass is 16.5. The van der Waals surface area contributed by atoms with E-state index in [-0.39, 0.29) is 30.3 Å². The van der Waals surface area contributed by atoms with Crippen LogP contribution in [0.5, 0.6) is 0 Å². The van der Waals surface area contributed by atoms with E-state index in [1.807, 2.05) is 25.1 Å². The van der Waals surface area contributed by atoms with Crippen molar-refractivity contribution in [2.45, 2.75) is 25.8 Å². The summed E-state index contributed by atoms with van der Waals surface area (Å²) in [6.45, 7) is 1.87. The molecular formula is C17H18N4O3. The lowest BCUT2D eigenvalue weighted by Gasteiger charge is -2.23. The minimum Gasteiger partial charge on any atom is -0.364 e. The van der Waals surface area contributed by atoms with Gasteiger partial charge in [0.25, 0.3) is 5.56 Å². The SMILES string of the molecule is C[C@@H](c1ccon1)N(C)C(=O)CCc1nc2ccccc2[nH]c1=O. The molecule has 0 saturated carbocycles. The summed E-state index contributed by atoms with van der Waals surface area (Å²) >= 11 is 0. The molecule has 0 aliphatic rings. The standard InChI is InChI=1S/C17H18N4O3/c1-11(12-9-10-24-20-12)21(2)16(22)8-7-15-17(23)19-14-6-4-3-5-13(14)18-15/h3-6,9-11H,7-8H2,1-2H3,(H,19,23)/t11-/m0/s1. The number of nitrogens with one attached hydrogen (secondary N) is 1. The number of para-hydroxylation sites is 2. The molecule has 2 aromatic heterocycles. The number of aromatic nitrogens is 3. The van der Waals surface area contributed by atoms with Crippen LogP contribution < -0.4 is 5.56 Å². The molecule has 0 radical (unpaired) electrons. The topological polar surface area (TPSA) is 92.1 Å². The van der Waals surface area contributed by atoms with Crippen LogP contribution in [-0.4, -0.2) is 33.0 Å². The molecule has 1 amide bonds. The van der Waals surface area contributed by atoms with Crippen LogP contribution >= 0.6 is 0 Å². The van der Waals surface area contributed by atoms with Crippen molar-refractivity contribution in [1.29, 1.82) is 0 Å². The van der Waals surface area contributed by atoms with Gasteiger partial charge in [0.1, 0.15) is 17.7 Å². The van der Waals surface area contributed by atoms with Crippen molar-refractivity contribution in [3.63, 3.8) is 0 Å². The van der Waals surface area contributed by atoms with Gasteiger partial charge in [0.2, 0.25) is 5.91 Å². The highest BCUT2D eigenvalue weighted by Crippen LogP contribution is 2.17. The molecule has 1 atom stereocenters. The Balaban J connectivity index is 1.70. The van der Waals surface area contributed by atoms with E-state index < -0.39 is 0 Å². The highest BCUT2D eigenvalue weighted by Gasteiger charge is 2.20. The van der Waals surface area contributed by atoms with E-state index in [1.54, 1.807) is 24.1 Å². The van der Waals surface area contributed by atoms with Gasteiger partial charge in [0.05, 0.1) is 17.1 Å². The number of fused-ring (bicyclic) bond motifs is 1. The first-order valence-corrected chi connectivity index (χ1v) is 7.70. The van der Waals surface area contributed by atoms with Gasteiger partial charge in [-0.25, -0.2) is 4.98 Å². The summed E-state index contributed by atoms with van der Waals surface area (Å²) < 4.78 is 4.81. The van der Waals surface area contributed by atoms with Gasteiger partial charge in [0.15, 0.2) is 0 Å². The normalized spacial score (nSPS) is 12.2. The summed E-state index contributed by atoms with van der Waals surface area (Å²) in [6.07, 6.45) is 1.96. The second kappa shape index (κ2) is 6.66. The Morgan fingerprint density at radius 3 is 2.88 bits per heavy atom. The van der Waals surface area contributed by atoms with Gasteiger partial charge >= 0.3 is 0 Å². The maximum atomic E-state index is 12.4.